The summed E-state index contributed by atoms with van der Waals surface area (Å²) in [5, 5.41) is 7.86. The van der Waals surface area contributed by atoms with Gasteiger partial charge in [0.15, 0.2) is 0 Å². The number of halogens is 1. The van der Waals surface area contributed by atoms with Crippen molar-refractivity contribution in [2.24, 2.45) is 0 Å². The predicted octanol–water partition coefficient (Wildman–Crippen LogP) is 4.11. The van der Waals surface area contributed by atoms with Gasteiger partial charge in [-0.3, -0.25) is 0 Å². The van der Waals surface area contributed by atoms with Crippen LogP contribution in [-0.4, -0.2) is 0 Å². The minimum Gasteiger partial charge on any atom is -0.309 e. The summed E-state index contributed by atoms with van der Waals surface area (Å²) in [6, 6.07) is 8.32. The Hall–Kier alpha value is -0.640. The van der Waals surface area contributed by atoms with Crippen molar-refractivity contribution >= 4 is 27.3 Å². The second-order valence-electron chi connectivity index (χ2n) is 3.77. The monoisotopic (exact) mass is 295 g/mol. The molecule has 2 aromatic rings. The van der Waals surface area contributed by atoms with E-state index >= 15 is 0 Å². The van der Waals surface area contributed by atoms with Gasteiger partial charge in [-0.05, 0) is 40.4 Å². The lowest BCUT2D eigenvalue weighted by Crippen LogP contribution is -2.13. The maximum atomic E-state index is 3.55. The van der Waals surface area contributed by atoms with Crippen LogP contribution in [-0.2, 0) is 13.1 Å². The first kappa shape index (κ1) is 11.8. The largest absolute Gasteiger partial charge is 0.309 e. The van der Waals surface area contributed by atoms with E-state index in [1.54, 1.807) is 11.3 Å². The Kier molecular flexibility index (Phi) is 4.16. The third-order valence-electron chi connectivity index (χ3n) is 2.55. The highest BCUT2D eigenvalue weighted by molar-refractivity contribution is 9.10. The van der Waals surface area contributed by atoms with Crippen LogP contribution in [0.25, 0.3) is 0 Å². The van der Waals surface area contributed by atoms with Crippen LogP contribution in [0.3, 0.4) is 0 Å². The van der Waals surface area contributed by atoms with E-state index in [2.05, 4.69) is 57.1 Å². The molecule has 1 nitrogen and oxygen atoms in total. The molecule has 2 rings (SSSR count). The van der Waals surface area contributed by atoms with Gasteiger partial charge in [-0.1, -0.05) is 34.1 Å². The van der Waals surface area contributed by atoms with Crippen LogP contribution in [0, 0.1) is 6.92 Å². The molecule has 16 heavy (non-hydrogen) atoms. The molecule has 0 atom stereocenters. The Morgan fingerprint density at radius 3 is 2.56 bits per heavy atom. The van der Waals surface area contributed by atoms with Gasteiger partial charge in [-0.2, -0.15) is 11.3 Å². The maximum Gasteiger partial charge on any atom is 0.0220 e. The zero-order valence-corrected chi connectivity index (χ0v) is 11.6. The molecule has 1 heterocycles. The molecule has 1 N–H and O–H groups in total. The first-order chi connectivity index (χ1) is 7.77. The normalized spacial score (nSPS) is 10.6. The van der Waals surface area contributed by atoms with Gasteiger partial charge in [0.1, 0.15) is 0 Å². The predicted molar refractivity (Wildman–Crippen MR) is 73.7 cm³/mol. The van der Waals surface area contributed by atoms with E-state index < -0.39 is 0 Å². The van der Waals surface area contributed by atoms with Crippen LogP contribution in [0.15, 0.2) is 39.5 Å². The van der Waals surface area contributed by atoms with E-state index in [0.717, 1.165) is 13.1 Å². The van der Waals surface area contributed by atoms with Crippen molar-refractivity contribution in [3.8, 4) is 0 Å². The first-order valence-electron chi connectivity index (χ1n) is 5.23. The molecular formula is C13H14BrNS. The van der Waals surface area contributed by atoms with Crippen LogP contribution in [0.5, 0.6) is 0 Å². The van der Waals surface area contributed by atoms with Crippen LogP contribution < -0.4 is 5.32 Å². The second-order valence-corrected chi connectivity index (χ2v) is 5.37. The minimum absolute atomic E-state index is 0.900. The summed E-state index contributed by atoms with van der Waals surface area (Å²) in [4.78, 5) is 0. The quantitative estimate of drug-likeness (QED) is 0.895. The fourth-order valence-corrected chi connectivity index (χ4v) is 2.82. The highest BCUT2D eigenvalue weighted by atomic mass is 79.9. The van der Waals surface area contributed by atoms with E-state index in [1.165, 1.54) is 21.2 Å². The smallest absolute Gasteiger partial charge is 0.0220 e. The molecule has 0 fully saturated rings. The number of hydrogen-bond donors (Lipinski definition) is 1. The number of thiophene rings is 1. The Morgan fingerprint density at radius 2 is 1.88 bits per heavy atom. The van der Waals surface area contributed by atoms with E-state index in [4.69, 9.17) is 0 Å². The van der Waals surface area contributed by atoms with Crippen molar-refractivity contribution in [2.45, 2.75) is 20.0 Å². The highest BCUT2D eigenvalue weighted by Crippen LogP contribution is 2.16. The molecule has 0 aliphatic rings. The van der Waals surface area contributed by atoms with Gasteiger partial charge < -0.3 is 5.32 Å². The van der Waals surface area contributed by atoms with Gasteiger partial charge in [0.2, 0.25) is 0 Å². The van der Waals surface area contributed by atoms with Gasteiger partial charge in [-0.15, -0.1) is 0 Å². The third-order valence-corrected chi connectivity index (χ3v) is 4.23. The van der Waals surface area contributed by atoms with Crippen molar-refractivity contribution < 1.29 is 0 Å². The summed E-state index contributed by atoms with van der Waals surface area (Å²) in [7, 11) is 0. The number of aryl methyl sites for hydroxylation is 1. The number of rotatable bonds is 4. The third kappa shape index (κ3) is 2.94. The van der Waals surface area contributed by atoms with Crippen molar-refractivity contribution in [3.63, 3.8) is 0 Å². The van der Waals surface area contributed by atoms with E-state index in [1.807, 2.05) is 6.07 Å². The summed E-state index contributed by atoms with van der Waals surface area (Å²) in [6.45, 7) is 4.00. The highest BCUT2D eigenvalue weighted by Gasteiger charge is 2.00. The molecule has 0 unspecified atom stereocenters. The Morgan fingerprint density at radius 1 is 1.12 bits per heavy atom. The molecule has 0 radical (unpaired) electrons. The van der Waals surface area contributed by atoms with Gasteiger partial charge in [-0.25, -0.2) is 0 Å². The Bertz CT molecular complexity index is 464. The number of hydrogen-bond acceptors (Lipinski definition) is 2. The molecule has 3 heteroatoms. The summed E-state index contributed by atoms with van der Waals surface area (Å²) in [6.07, 6.45) is 0. The average molecular weight is 296 g/mol. The molecule has 84 valence electrons. The summed E-state index contributed by atoms with van der Waals surface area (Å²) in [5.41, 5.74) is 4.08. The molecule has 0 aliphatic heterocycles. The molecule has 0 aliphatic carbocycles. The minimum atomic E-state index is 0.900. The Labute approximate surface area is 109 Å². The van der Waals surface area contributed by atoms with Crippen LogP contribution in [0.2, 0.25) is 0 Å². The van der Waals surface area contributed by atoms with Crippen LogP contribution >= 0.6 is 27.3 Å². The topological polar surface area (TPSA) is 12.0 Å². The molecule has 0 spiro atoms. The fourth-order valence-electron chi connectivity index (χ4n) is 1.54. The van der Waals surface area contributed by atoms with Crippen LogP contribution in [0.4, 0.5) is 0 Å². The van der Waals surface area contributed by atoms with Gasteiger partial charge in [0.05, 0.1) is 0 Å². The van der Waals surface area contributed by atoms with Crippen molar-refractivity contribution in [3.05, 3.63) is 56.2 Å². The maximum absolute atomic E-state index is 3.55. The van der Waals surface area contributed by atoms with Gasteiger partial charge in [0, 0.05) is 17.6 Å². The number of nitrogens with one attached hydrogen (secondary N) is 1. The SMILES string of the molecule is Cc1cscc1CNCc1ccccc1Br. The lowest BCUT2D eigenvalue weighted by molar-refractivity contribution is 0.690. The van der Waals surface area contributed by atoms with E-state index in [9.17, 15) is 0 Å². The van der Waals surface area contributed by atoms with Crippen molar-refractivity contribution in [2.75, 3.05) is 0 Å². The average Bonchev–Trinajstić information content (AvgIpc) is 2.67. The molecule has 0 saturated carbocycles. The molecular weight excluding hydrogens is 282 g/mol. The zero-order valence-electron chi connectivity index (χ0n) is 9.16. The summed E-state index contributed by atoms with van der Waals surface area (Å²) in [5.74, 6) is 0. The molecule has 0 bridgehead atoms. The molecule has 0 amide bonds. The molecule has 1 aromatic carbocycles. The molecule has 0 saturated heterocycles. The Balaban J connectivity index is 1.89. The lowest BCUT2D eigenvalue weighted by atomic mass is 10.2. The standard InChI is InChI=1S/C13H14BrNS/c1-10-8-16-9-12(10)7-15-6-11-4-2-3-5-13(11)14/h2-5,8-9,15H,6-7H2,1H3. The second kappa shape index (κ2) is 5.62. The van der Waals surface area contributed by atoms with Crippen molar-refractivity contribution in [1.29, 1.82) is 0 Å². The summed E-state index contributed by atoms with van der Waals surface area (Å²) >= 11 is 5.32. The number of benzene rings is 1. The van der Waals surface area contributed by atoms with E-state index in [-0.39, 0.29) is 0 Å². The van der Waals surface area contributed by atoms with Gasteiger partial charge >= 0.3 is 0 Å². The summed E-state index contributed by atoms with van der Waals surface area (Å²) < 4.78 is 1.17. The molecule has 1 aromatic heterocycles. The van der Waals surface area contributed by atoms with Gasteiger partial charge in [0.25, 0.3) is 0 Å². The van der Waals surface area contributed by atoms with Crippen molar-refractivity contribution in [1.82, 2.24) is 5.32 Å². The zero-order chi connectivity index (χ0) is 11.4. The first-order valence-corrected chi connectivity index (χ1v) is 6.97. The van der Waals surface area contributed by atoms with E-state index in [0.29, 0.717) is 0 Å². The lowest BCUT2D eigenvalue weighted by Gasteiger charge is -2.06. The fraction of sp³-hybridized carbons (Fsp3) is 0.231. The van der Waals surface area contributed by atoms with Crippen LogP contribution in [0.1, 0.15) is 16.7 Å².